The third kappa shape index (κ3) is 3.43. The highest BCUT2D eigenvalue weighted by molar-refractivity contribution is 6.25. The Balaban J connectivity index is 1.23. The lowest BCUT2D eigenvalue weighted by Crippen LogP contribution is -2.16. The first-order valence-corrected chi connectivity index (χ1v) is 15.1. The maximum Gasteiger partial charge on any atom is 0.0759 e. The minimum atomic E-state index is -0.140. The molecular formula is C42H29N. The Morgan fingerprint density at radius 1 is 0.442 bits per heavy atom. The lowest BCUT2D eigenvalue weighted by Gasteiger charge is -2.25. The summed E-state index contributed by atoms with van der Waals surface area (Å²) in [4.78, 5) is 5.22. The van der Waals surface area contributed by atoms with Crippen LogP contribution in [0.3, 0.4) is 0 Å². The van der Waals surface area contributed by atoms with Gasteiger partial charge >= 0.3 is 0 Å². The molecule has 1 heterocycles. The van der Waals surface area contributed by atoms with E-state index in [0.29, 0.717) is 0 Å². The van der Waals surface area contributed by atoms with Crippen LogP contribution in [0.25, 0.3) is 76.7 Å². The van der Waals surface area contributed by atoms with Gasteiger partial charge in [-0.25, -0.2) is 4.98 Å². The maximum atomic E-state index is 5.22. The zero-order valence-electron chi connectivity index (χ0n) is 24.2. The van der Waals surface area contributed by atoms with E-state index in [1.165, 1.54) is 76.6 Å². The van der Waals surface area contributed by atoms with Crippen molar-refractivity contribution in [3.63, 3.8) is 0 Å². The molecule has 0 fully saturated rings. The molecule has 0 bridgehead atoms. The van der Waals surface area contributed by atoms with Crippen molar-refractivity contribution in [3.8, 4) is 33.5 Å². The van der Waals surface area contributed by atoms with Crippen LogP contribution in [-0.4, -0.2) is 4.98 Å². The van der Waals surface area contributed by atoms with Crippen molar-refractivity contribution in [1.82, 2.24) is 4.98 Å². The number of aromatic nitrogens is 1. The number of hydrogen-bond donors (Lipinski definition) is 0. The quantitative estimate of drug-likeness (QED) is 0.196. The fraction of sp³-hybridized carbons (Fsp3) is 0.0714. The summed E-state index contributed by atoms with van der Waals surface area (Å²) in [5, 5.41) is 9.03. The average Bonchev–Trinajstić information content (AvgIpc) is 3.29. The molecule has 0 saturated carbocycles. The van der Waals surface area contributed by atoms with E-state index in [0.717, 1.165) is 11.2 Å². The highest BCUT2D eigenvalue weighted by atomic mass is 14.7. The van der Waals surface area contributed by atoms with Gasteiger partial charge in [0.1, 0.15) is 0 Å². The molecule has 0 spiro atoms. The van der Waals surface area contributed by atoms with E-state index < -0.39 is 0 Å². The maximum absolute atomic E-state index is 5.22. The van der Waals surface area contributed by atoms with Crippen LogP contribution in [0.1, 0.15) is 25.0 Å². The van der Waals surface area contributed by atoms with Crippen molar-refractivity contribution in [3.05, 3.63) is 151 Å². The Labute approximate surface area is 251 Å². The summed E-state index contributed by atoms with van der Waals surface area (Å²) in [6.45, 7) is 4.68. The fourth-order valence-electron chi connectivity index (χ4n) is 7.60. The fourth-order valence-corrected chi connectivity index (χ4v) is 7.60. The van der Waals surface area contributed by atoms with E-state index in [-0.39, 0.29) is 5.41 Å². The molecule has 0 amide bonds. The van der Waals surface area contributed by atoms with Crippen molar-refractivity contribution >= 4 is 43.2 Å². The molecule has 0 radical (unpaired) electrons. The molecule has 0 unspecified atom stereocenters. The van der Waals surface area contributed by atoms with Crippen LogP contribution in [0.5, 0.6) is 0 Å². The largest absolute Gasteiger partial charge is 0.247 e. The topological polar surface area (TPSA) is 12.9 Å². The Hall–Kier alpha value is -5.27. The molecule has 7 aromatic carbocycles. The molecule has 1 aromatic heterocycles. The molecule has 43 heavy (non-hydrogen) atoms. The Kier molecular flexibility index (Phi) is 5.02. The Morgan fingerprint density at radius 2 is 0.953 bits per heavy atom. The number of benzene rings is 7. The second-order valence-electron chi connectivity index (χ2n) is 12.3. The van der Waals surface area contributed by atoms with E-state index in [1.807, 2.05) is 0 Å². The molecule has 1 aliphatic rings. The van der Waals surface area contributed by atoms with Crippen LogP contribution in [0.2, 0.25) is 0 Å². The van der Waals surface area contributed by atoms with Gasteiger partial charge in [0.15, 0.2) is 0 Å². The van der Waals surface area contributed by atoms with Crippen LogP contribution in [0.15, 0.2) is 140 Å². The first kappa shape index (κ1) is 24.3. The summed E-state index contributed by atoms with van der Waals surface area (Å²) in [6.07, 6.45) is 0. The van der Waals surface area contributed by atoms with Crippen LogP contribution in [0, 0.1) is 0 Å². The number of fused-ring (bicyclic) bond motifs is 10. The predicted molar refractivity (Wildman–Crippen MR) is 183 cm³/mol. The third-order valence-corrected chi connectivity index (χ3v) is 9.62. The number of hydrogen-bond acceptors (Lipinski definition) is 1. The van der Waals surface area contributed by atoms with Gasteiger partial charge in [0.2, 0.25) is 0 Å². The first-order valence-electron chi connectivity index (χ1n) is 15.1. The lowest BCUT2D eigenvalue weighted by molar-refractivity contribution is 0.662. The second-order valence-corrected chi connectivity index (χ2v) is 12.3. The normalized spacial score (nSPS) is 13.5. The molecule has 202 valence electrons. The minimum absolute atomic E-state index is 0.140. The number of pyridine rings is 1. The average molecular weight is 548 g/mol. The highest BCUT2D eigenvalue weighted by Gasteiger charge is 2.39. The van der Waals surface area contributed by atoms with E-state index in [9.17, 15) is 0 Å². The number of rotatable bonds is 2. The molecular weight excluding hydrogens is 518 g/mol. The summed E-state index contributed by atoms with van der Waals surface area (Å²) < 4.78 is 0. The minimum Gasteiger partial charge on any atom is -0.247 e. The Bertz CT molecular complexity index is 2380. The Morgan fingerprint density at radius 3 is 1.65 bits per heavy atom. The first-order chi connectivity index (χ1) is 21.1. The van der Waals surface area contributed by atoms with Gasteiger partial charge in [-0.3, -0.25) is 0 Å². The van der Waals surface area contributed by atoms with Crippen molar-refractivity contribution in [1.29, 1.82) is 0 Å². The van der Waals surface area contributed by atoms with Crippen molar-refractivity contribution in [2.24, 2.45) is 0 Å². The second kappa shape index (κ2) is 8.86. The van der Waals surface area contributed by atoms with Gasteiger partial charge in [-0.05, 0) is 77.8 Å². The zero-order valence-corrected chi connectivity index (χ0v) is 24.2. The molecule has 0 saturated heterocycles. The monoisotopic (exact) mass is 547 g/mol. The summed E-state index contributed by atoms with van der Waals surface area (Å²) >= 11 is 0. The number of para-hydroxylation sites is 1. The van der Waals surface area contributed by atoms with Crippen LogP contribution in [-0.2, 0) is 5.41 Å². The van der Waals surface area contributed by atoms with E-state index in [2.05, 4.69) is 153 Å². The van der Waals surface area contributed by atoms with Gasteiger partial charge in [-0.15, -0.1) is 0 Å². The molecule has 9 rings (SSSR count). The smallest absolute Gasteiger partial charge is 0.0759 e. The van der Waals surface area contributed by atoms with E-state index in [1.54, 1.807) is 0 Å². The van der Waals surface area contributed by atoms with Gasteiger partial charge in [-0.1, -0.05) is 141 Å². The molecule has 1 aliphatic carbocycles. The summed E-state index contributed by atoms with van der Waals surface area (Å²) in [6, 6.07) is 51.1. The molecule has 8 aromatic rings. The molecule has 1 nitrogen and oxygen atoms in total. The van der Waals surface area contributed by atoms with Gasteiger partial charge < -0.3 is 0 Å². The highest BCUT2D eigenvalue weighted by Crippen LogP contribution is 2.53. The molecule has 0 N–H and O–H groups in total. The van der Waals surface area contributed by atoms with Gasteiger partial charge in [0.25, 0.3) is 0 Å². The summed E-state index contributed by atoms with van der Waals surface area (Å²) in [7, 11) is 0. The third-order valence-electron chi connectivity index (χ3n) is 9.62. The lowest BCUT2D eigenvalue weighted by atomic mass is 9.78. The van der Waals surface area contributed by atoms with Gasteiger partial charge in [0, 0.05) is 16.4 Å². The predicted octanol–water partition coefficient (Wildman–Crippen LogP) is 11.3. The molecule has 0 atom stereocenters. The van der Waals surface area contributed by atoms with Crippen LogP contribution in [0.4, 0.5) is 0 Å². The van der Waals surface area contributed by atoms with Crippen molar-refractivity contribution in [2.75, 3.05) is 0 Å². The molecule has 0 aliphatic heterocycles. The van der Waals surface area contributed by atoms with Crippen LogP contribution < -0.4 is 0 Å². The number of nitrogens with zero attached hydrogens (tertiary/aromatic N) is 1. The van der Waals surface area contributed by atoms with Crippen LogP contribution >= 0.6 is 0 Å². The van der Waals surface area contributed by atoms with Gasteiger partial charge in [0.05, 0.1) is 11.2 Å². The van der Waals surface area contributed by atoms with Crippen molar-refractivity contribution in [2.45, 2.75) is 19.3 Å². The van der Waals surface area contributed by atoms with Crippen molar-refractivity contribution < 1.29 is 0 Å². The standard InChI is InChI=1S/C42H29N/c1-42(2)37-17-9-7-15-34(37)41-40(42)39(35-16-8-10-18-38(35)43-41)27-21-19-26(20-22-27)28-23-24-33-31-13-4-3-11-29(31)30-12-5-6-14-32(30)36(33)25-28/h3-25H,1-2H3. The van der Waals surface area contributed by atoms with E-state index in [4.69, 9.17) is 4.98 Å². The van der Waals surface area contributed by atoms with Gasteiger partial charge in [-0.2, -0.15) is 0 Å². The molecule has 1 heteroatoms. The summed E-state index contributed by atoms with van der Waals surface area (Å²) in [5.41, 5.74) is 10.9. The summed E-state index contributed by atoms with van der Waals surface area (Å²) in [5.74, 6) is 0. The van der Waals surface area contributed by atoms with E-state index >= 15 is 0 Å². The SMILES string of the molecule is CC1(C)c2ccccc2-c2nc3ccccc3c(-c3ccc(-c4ccc5c6ccccc6c6ccccc6c5c4)cc3)c21. The zero-order chi connectivity index (χ0) is 28.7.